The quantitative estimate of drug-likeness (QED) is 0.874. The second-order valence-corrected chi connectivity index (χ2v) is 4.28. The van der Waals surface area contributed by atoms with E-state index in [-0.39, 0.29) is 0 Å². The summed E-state index contributed by atoms with van der Waals surface area (Å²) in [6.07, 6.45) is 3.12. The van der Waals surface area contributed by atoms with E-state index in [1.807, 2.05) is 13.1 Å². The molecule has 0 saturated heterocycles. The molecule has 0 aliphatic rings. The van der Waals surface area contributed by atoms with Crippen LogP contribution in [0.3, 0.4) is 0 Å². The zero-order valence-electron chi connectivity index (χ0n) is 10.5. The lowest BCUT2D eigenvalue weighted by Gasteiger charge is -2.05. The molecule has 0 spiro atoms. The Morgan fingerprint density at radius 2 is 1.82 bits per heavy atom. The lowest BCUT2D eigenvalue weighted by molar-refractivity contribution is 0.761. The summed E-state index contributed by atoms with van der Waals surface area (Å²) in [5, 5.41) is 0. The monoisotopic (exact) mass is 229 g/mol. The van der Waals surface area contributed by atoms with E-state index in [4.69, 9.17) is 5.73 Å². The number of hydrogen-bond acceptors (Lipinski definition) is 2. The zero-order valence-corrected chi connectivity index (χ0v) is 10.5. The number of aryl methyl sites for hydroxylation is 2. The van der Waals surface area contributed by atoms with Crippen LogP contribution >= 0.6 is 0 Å². The molecular formula is C14H19N3. The normalized spacial score (nSPS) is 10.8. The van der Waals surface area contributed by atoms with E-state index in [0.29, 0.717) is 6.54 Å². The predicted octanol–water partition coefficient (Wildman–Crippen LogP) is 2.26. The van der Waals surface area contributed by atoms with Crippen molar-refractivity contribution >= 4 is 0 Å². The highest BCUT2D eigenvalue weighted by Gasteiger charge is 2.03. The fourth-order valence-electron chi connectivity index (χ4n) is 1.91. The van der Waals surface area contributed by atoms with Gasteiger partial charge in [-0.1, -0.05) is 31.2 Å². The van der Waals surface area contributed by atoms with Gasteiger partial charge in [-0.15, -0.1) is 0 Å². The smallest absolute Gasteiger partial charge is 0.106 e. The van der Waals surface area contributed by atoms with Crippen LogP contribution in [0.25, 0.3) is 0 Å². The molecule has 0 unspecified atom stereocenters. The third-order valence-electron chi connectivity index (χ3n) is 3.02. The largest absolute Gasteiger partial charge is 0.330 e. The lowest BCUT2D eigenvalue weighted by Crippen LogP contribution is -2.00. The van der Waals surface area contributed by atoms with Crippen LogP contribution in [0, 0.1) is 6.92 Å². The summed E-state index contributed by atoms with van der Waals surface area (Å²) < 4.78 is 2.14. The molecular weight excluding hydrogens is 210 g/mol. The van der Waals surface area contributed by atoms with Crippen molar-refractivity contribution in [3.63, 3.8) is 0 Å². The van der Waals surface area contributed by atoms with Gasteiger partial charge >= 0.3 is 0 Å². The Morgan fingerprint density at radius 1 is 1.18 bits per heavy atom. The van der Waals surface area contributed by atoms with Crippen LogP contribution in [0.5, 0.6) is 0 Å². The fraction of sp³-hybridized carbons (Fsp3) is 0.357. The first kappa shape index (κ1) is 11.9. The summed E-state index contributed by atoms with van der Waals surface area (Å²) in [4.78, 5) is 4.40. The van der Waals surface area contributed by atoms with Gasteiger partial charge in [0.05, 0.1) is 5.69 Å². The average molecular weight is 229 g/mol. The number of hydrogen-bond donors (Lipinski definition) is 1. The standard InChI is InChI=1S/C14H19N3/c1-3-12-4-6-13(7-5-12)9-17-10-14(8-15)16-11(17)2/h4-7,10H,3,8-9,15H2,1-2H3. The Balaban J connectivity index is 2.16. The molecule has 3 nitrogen and oxygen atoms in total. The highest BCUT2D eigenvalue weighted by atomic mass is 15.1. The highest BCUT2D eigenvalue weighted by Crippen LogP contribution is 2.09. The summed E-state index contributed by atoms with van der Waals surface area (Å²) in [6.45, 7) is 5.55. The number of nitrogens with zero attached hydrogens (tertiary/aromatic N) is 2. The highest BCUT2D eigenvalue weighted by molar-refractivity contribution is 5.23. The van der Waals surface area contributed by atoms with Gasteiger partial charge < -0.3 is 10.3 Å². The molecule has 90 valence electrons. The van der Waals surface area contributed by atoms with Gasteiger partial charge in [-0.25, -0.2) is 4.98 Å². The average Bonchev–Trinajstić information content (AvgIpc) is 2.71. The third kappa shape index (κ3) is 2.74. The molecule has 1 aromatic heterocycles. The van der Waals surface area contributed by atoms with Crippen LogP contribution in [-0.4, -0.2) is 9.55 Å². The SMILES string of the molecule is CCc1ccc(Cn2cc(CN)nc2C)cc1. The van der Waals surface area contributed by atoms with Crippen molar-refractivity contribution in [1.29, 1.82) is 0 Å². The summed E-state index contributed by atoms with van der Waals surface area (Å²) in [5.41, 5.74) is 9.21. The molecule has 2 aromatic rings. The topological polar surface area (TPSA) is 43.8 Å². The van der Waals surface area contributed by atoms with E-state index in [9.17, 15) is 0 Å². The molecule has 17 heavy (non-hydrogen) atoms. The van der Waals surface area contributed by atoms with Crippen LogP contribution in [0.15, 0.2) is 30.5 Å². The van der Waals surface area contributed by atoms with Crippen molar-refractivity contribution < 1.29 is 0 Å². The Labute approximate surface area is 102 Å². The van der Waals surface area contributed by atoms with Gasteiger partial charge in [-0.05, 0) is 24.5 Å². The molecule has 0 fully saturated rings. The molecule has 0 bridgehead atoms. The van der Waals surface area contributed by atoms with Crippen molar-refractivity contribution in [2.24, 2.45) is 5.73 Å². The molecule has 0 aliphatic heterocycles. The minimum Gasteiger partial charge on any atom is -0.330 e. The first-order chi connectivity index (χ1) is 8.22. The van der Waals surface area contributed by atoms with E-state index < -0.39 is 0 Å². The van der Waals surface area contributed by atoms with Gasteiger partial charge in [-0.3, -0.25) is 0 Å². The summed E-state index contributed by atoms with van der Waals surface area (Å²) >= 11 is 0. The van der Waals surface area contributed by atoms with Crippen molar-refractivity contribution in [3.05, 3.63) is 53.1 Å². The molecule has 0 atom stereocenters. The first-order valence-electron chi connectivity index (χ1n) is 6.03. The van der Waals surface area contributed by atoms with Crippen LogP contribution < -0.4 is 5.73 Å². The minimum atomic E-state index is 0.503. The van der Waals surface area contributed by atoms with Crippen LogP contribution in [0.1, 0.15) is 29.6 Å². The van der Waals surface area contributed by atoms with Gasteiger partial charge in [0.1, 0.15) is 5.82 Å². The Morgan fingerprint density at radius 3 is 2.35 bits per heavy atom. The van der Waals surface area contributed by atoms with Crippen molar-refractivity contribution in [1.82, 2.24) is 9.55 Å². The zero-order chi connectivity index (χ0) is 12.3. The van der Waals surface area contributed by atoms with Crippen molar-refractivity contribution in [3.8, 4) is 0 Å². The van der Waals surface area contributed by atoms with E-state index in [2.05, 4.69) is 40.7 Å². The van der Waals surface area contributed by atoms with Crippen LogP contribution in [0.2, 0.25) is 0 Å². The van der Waals surface area contributed by atoms with E-state index in [1.165, 1.54) is 11.1 Å². The first-order valence-corrected chi connectivity index (χ1v) is 6.03. The van der Waals surface area contributed by atoms with Crippen LogP contribution in [-0.2, 0) is 19.5 Å². The third-order valence-corrected chi connectivity index (χ3v) is 3.02. The maximum Gasteiger partial charge on any atom is 0.106 e. The Hall–Kier alpha value is -1.61. The van der Waals surface area contributed by atoms with E-state index >= 15 is 0 Å². The molecule has 0 saturated carbocycles. The summed E-state index contributed by atoms with van der Waals surface area (Å²) in [5.74, 6) is 1.02. The number of rotatable bonds is 4. The van der Waals surface area contributed by atoms with E-state index in [1.54, 1.807) is 0 Å². The van der Waals surface area contributed by atoms with Gasteiger partial charge in [0, 0.05) is 19.3 Å². The van der Waals surface area contributed by atoms with Crippen LogP contribution in [0.4, 0.5) is 0 Å². The molecule has 2 N–H and O–H groups in total. The van der Waals surface area contributed by atoms with Gasteiger partial charge in [0.15, 0.2) is 0 Å². The fourth-order valence-corrected chi connectivity index (χ4v) is 1.91. The van der Waals surface area contributed by atoms with Crippen molar-refractivity contribution in [2.45, 2.75) is 33.4 Å². The molecule has 1 heterocycles. The maximum absolute atomic E-state index is 5.59. The maximum atomic E-state index is 5.59. The molecule has 1 aromatic carbocycles. The van der Waals surface area contributed by atoms with Gasteiger partial charge in [-0.2, -0.15) is 0 Å². The van der Waals surface area contributed by atoms with Gasteiger partial charge in [0.25, 0.3) is 0 Å². The number of nitrogens with two attached hydrogens (primary N) is 1. The molecule has 0 amide bonds. The second-order valence-electron chi connectivity index (χ2n) is 4.28. The van der Waals surface area contributed by atoms with Gasteiger partial charge in [0.2, 0.25) is 0 Å². The van der Waals surface area contributed by atoms with E-state index in [0.717, 1.165) is 24.5 Å². The molecule has 2 rings (SSSR count). The Bertz CT molecular complexity index is 483. The molecule has 3 heteroatoms. The summed E-state index contributed by atoms with van der Waals surface area (Å²) in [6, 6.07) is 8.73. The minimum absolute atomic E-state index is 0.503. The number of aromatic nitrogens is 2. The molecule has 0 radical (unpaired) electrons. The number of imidazole rings is 1. The second kappa shape index (κ2) is 5.15. The Kier molecular flexibility index (Phi) is 3.59. The summed E-state index contributed by atoms with van der Waals surface area (Å²) in [7, 11) is 0. The lowest BCUT2D eigenvalue weighted by atomic mass is 10.1. The molecule has 0 aliphatic carbocycles. The number of benzene rings is 1. The predicted molar refractivity (Wildman–Crippen MR) is 69.8 cm³/mol. The van der Waals surface area contributed by atoms with Crippen molar-refractivity contribution in [2.75, 3.05) is 0 Å².